The lowest BCUT2D eigenvalue weighted by atomic mass is 10.1. The van der Waals surface area contributed by atoms with Crippen LogP contribution in [0.4, 0.5) is 0 Å². The number of hydrogen-bond donors (Lipinski definition) is 1. The second-order valence-corrected chi connectivity index (χ2v) is 5.07. The van der Waals surface area contributed by atoms with Crippen molar-refractivity contribution in [2.45, 2.75) is 12.5 Å². The molecular formula is C17H18N2O2. The van der Waals surface area contributed by atoms with Crippen molar-refractivity contribution in [3.05, 3.63) is 59.9 Å². The Labute approximate surface area is 123 Å². The number of rotatable bonds is 4. The summed E-state index contributed by atoms with van der Waals surface area (Å²) in [6.45, 7) is 0. The van der Waals surface area contributed by atoms with Gasteiger partial charge in [0.2, 0.25) is 0 Å². The summed E-state index contributed by atoms with van der Waals surface area (Å²) in [4.78, 5) is 4.59. The lowest BCUT2D eigenvalue weighted by Gasteiger charge is -2.11. The van der Waals surface area contributed by atoms with Gasteiger partial charge < -0.3 is 14.4 Å². The zero-order valence-corrected chi connectivity index (χ0v) is 12.2. The summed E-state index contributed by atoms with van der Waals surface area (Å²) in [5.41, 5.74) is 2.90. The second-order valence-electron chi connectivity index (χ2n) is 5.07. The van der Waals surface area contributed by atoms with Crippen LogP contribution in [0.15, 0.2) is 48.5 Å². The van der Waals surface area contributed by atoms with Crippen molar-refractivity contribution in [3.8, 4) is 5.75 Å². The maximum absolute atomic E-state index is 10.4. The van der Waals surface area contributed by atoms with E-state index in [0.29, 0.717) is 6.42 Å². The van der Waals surface area contributed by atoms with E-state index in [1.54, 1.807) is 7.11 Å². The predicted molar refractivity (Wildman–Crippen MR) is 82.4 cm³/mol. The molecule has 0 bridgehead atoms. The Bertz CT molecular complexity index is 747. The van der Waals surface area contributed by atoms with Crippen LogP contribution in [-0.4, -0.2) is 21.8 Å². The molecule has 0 fully saturated rings. The molecule has 1 atom stereocenters. The monoisotopic (exact) mass is 282 g/mol. The number of para-hydroxylation sites is 2. The molecule has 3 rings (SSSR count). The van der Waals surface area contributed by atoms with Crippen LogP contribution in [0.1, 0.15) is 17.5 Å². The Morgan fingerprint density at radius 3 is 2.52 bits per heavy atom. The van der Waals surface area contributed by atoms with Gasteiger partial charge >= 0.3 is 0 Å². The highest BCUT2D eigenvalue weighted by molar-refractivity contribution is 5.75. The van der Waals surface area contributed by atoms with Gasteiger partial charge in [-0.2, -0.15) is 0 Å². The molecule has 0 spiro atoms. The molecule has 108 valence electrons. The highest BCUT2D eigenvalue weighted by Gasteiger charge is 2.14. The van der Waals surface area contributed by atoms with E-state index >= 15 is 0 Å². The second kappa shape index (κ2) is 5.58. The number of aliphatic hydroxyl groups excluding tert-OH is 1. The standard InChI is InChI=1S/C17H18N2O2/c1-19-15-6-4-3-5-14(15)18-17(19)11-16(20)12-7-9-13(21-2)10-8-12/h3-10,16,20H,11H2,1-2H3/t16-/m0/s1. The Balaban J connectivity index is 1.85. The van der Waals surface area contributed by atoms with Crippen molar-refractivity contribution >= 4 is 11.0 Å². The Hall–Kier alpha value is -2.33. The van der Waals surface area contributed by atoms with Gasteiger partial charge in [-0.3, -0.25) is 0 Å². The summed E-state index contributed by atoms with van der Waals surface area (Å²) < 4.78 is 7.16. The third kappa shape index (κ3) is 2.62. The van der Waals surface area contributed by atoms with E-state index in [0.717, 1.165) is 28.2 Å². The van der Waals surface area contributed by atoms with E-state index in [9.17, 15) is 5.11 Å². The quantitative estimate of drug-likeness (QED) is 0.800. The van der Waals surface area contributed by atoms with Gasteiger partial charge in [0.1, 0.15) is 11.6 Å². The van der Waals surface area contributed by atoms with Crippen molar-refractivity contribution in [3.63, 3.8) is 0 Å². The highest BCUT2D eigenvalue weighted by Crippen LogP contribution is 2.22. The maximum atomic E-state index is 10.4. The average Bonchev–Trinajstić information content (AvgIpc) is 2.84. The van der Waals surface area contributed by atoms with Gasteiger partial charge in [0.25, 0.3) is 0 Å². The van der Waals surface area contributed by atoms with Crippen molar-refractivity contribution in [1.82, 2.24) is 9.55 Å². The highest BCUT2D eigenvalue weighted by atomic mass is 16.5. The number of aromatic nitrogens is 2. The SMILES string of the molecule is COc1ccc([C@@H](O)Cc2nc3ccccc3n2C)cc1. The van der Waals surface area contributed by atoms with Crippen molar-refractivity contribution < 1.29 is 9.84 Å². The summed E-state index contributed by atoms with van der Waals surface area (Å²) >= 11 is 0. The summed E-state index contributed by atoms with van der Waals surface area (Å²) in [6, 6.07) is 15.5. The van der Waals surface area contributed by atoms with Crippen molar-refractivity contribution in [1.29, 1.82) is 0 Å². The fourth-order valence-electron chi connectivity index (χ4n) is 2.49. The van der Waals surface area contributed by atoms with E-state index in [1.807, 2.05) is 60.1 Å². The molecule has 0 saturated heterocycles. The van der Waals surface area contributed by atoms with Crippen LogP contribution in [0.25, 0.3) is 11.0 Å². The third-order valence-electron chi connectivity index (χ3n) is 3.76. The van der Waals surface area contributed by atoms with Crippen LogP contribution in [-0.2, 0) is 13.5 Å². The van der Waals surface area contributed by atoms with Crippen LogP contribution in [0, 0.1) is 0 Å². The molecule has 1 heterocycles. The zero-order chi connectivity index (χ0) is 14.8. The molecule has 1 N–H and O–H groups in total. The molecule has 4 nitrogen and oxygen atoms in total. The number of nitrogens with zero attached hydrogens (tertiary/aromatic N) is 2. The van der Waals surface area contributed by atoms with Gasteiger partial charge in [0, 0.05) is 13.5 Å². The molecule has 0 aliphatic carbocycles. The van der Waals surface area contributed by atoms with Gasteiger partial charge in [-0.25, -0.2) is 4.98 Å². The first kappa shape index (κ1) is 13.6. The van der Waals surface area contributed by atoms with E-state index < -0.39 is 6.10 Å². The van der Waals surface area contributed by atoms with Gasteiger partial charge in [0.15, 0.2) is 0 Å². The number of aliphatic hydroxyl groups is 1. The van der Waals surface area contributed by atoms with Gasteiger partial charge in [0.05, 0.1) is 24.2 Å². The fourth-order valence-corrected chi connectivity index (χ4v) is 2.49. The molecule has 0 aliphatic heterocycles. The number of ether oxygens (including phenoxy) is 1. The summed E-state index contributed by atoms with van der Waals surface area (Å²) in [6.07, 6.45) is -0.0938. The van der Waals surface area contributed by atoms with Gasteiger partial charge in [-0.1, -0.05) is 24.3 Å². The lowest BCUT2D eigenvalue weighted by Crippen LogP contribution is -2.06. The van der Waals surface area contributed by atoms with E-state index in [1.165, 1.54) is 0 Å². The largest absolute Gasteiger partial charge is 0.497 e. The van der Waals surface area contributed by atoms with Crippen LogP contribution in [0.3, 0.4) is 0 Å². The van der Waals surface area contributed by atoms with Crippen molar-refractivity contribution in [2.24, 2.45) is 7.05 Å². The van der Waals surface area contributed by atoms with E-state index in [-0.39, 0.29) is 0 Å². The number of hydrogen-bond acceptors (Lipinski definition) is 3. The predicted octanol–water partition coefficient (Wildman–Crippen LogP) is 2.86. The molecule has 0 unspecified atom stereocenters. The van der Waals surface area contributed by atoms with Crippen LogP contribution in [0.5, 0.6) is 5.75 Å². The van der Waals surface area contributed by atoms with Crippen LogP contribution < -0.4 is 4.74 Å². The smallest absolute Gasteiger partial charge is 0.118 e. The molecule has 21 heavy (non-hydrogen) atoms. The minimum atomic E-state index is -0.577. The topological polar surface area (TPSA) is 47.3 Å². The van der Waals surface area contributed by atoms with Crippen molar-refractivity contribution in [2.75, 3.05) is 7.11 Å². The summed E-state index contributed by atoms with van der Waals surface area (Å²) in [7, 11) is 3.61. The summed E-state index contributed by atoms with van der Waals surface area (Å²) in [5.74, 6) is 1.66. The molecule has 4 heteroatoms. The number of imidazole rings is 1. The average molecular weight is 282 g/mol. The normalized spacial score (nSPS) is 12.5. The number of benzene rings is 2. The molecular weight excluding hydrogens is 264 g/mol. The Morgan fingerprint density at radius 2 is 1.86 bits per heavy atom. The summed E-state index contributed by atoms with van der Waals surface area (Å²) in [5, 5.41) is 10.4. The number of fused-ring (bicyclic) bond motifs is 1. The molecule has 0 radical (unpaired) electrons. The zero-order valence-electron chi connectivity index (χ0n) is 12.2. The maximum Gasteiger partial charge on any atom is 0.118 e. The van der Waals surface area contributed by atoms with Gasteiger partial charge in [-0.05, 0) is 29.8 Å². The van der Waals surface area contributed by atoms with E-state index in [2.05, 4.69) is 4.98 Å². The fraction of sp³-hybridized carbons (Fsp3) is 0.235. The van der Waals surface area contributed by atoms with Gasteiger partial charge in [-0.15, -0.1) is 0 Å². The molecule has 0 saturated carbocycles. The lowest BCUT2D eigenvalue weighted by molar-refractivity contribution is 0.175. The van der Waals surface area contributed by atoms with Crippen LogP contribution in [0.2, 0.25) is 0 Å². The minimum Gasteiger partial charge on any atom is -0.497 e. The first-order valence-corrected chi connectivity index (χ1v) is 6.91. The van der Waals surface area contributed by atoms with E-state index in [4.69, 9.17) is 4.74 Å². The minimum absolute atomic E-state index is 0.484. The third-order valence-corrected chi connectivity index (χ3v) is 3.76. The Morgan fingerprint density at radius 1 is 1.14 bits per heavy atom. The molecule has 0 aliphatic rings. The number of aryl methyl sites for hydroxylation is 1. The Kier molecular flexibility index (Phi) is 3.62. The molecule has 2 aromatic carbocycles. The number of methoxy groups -OCH3 is 1. The molecule has 3 aromatic rings. The molecule has 1 aromatic heterocycles. The first-order valence-electron chi connectivity index (χ1n) is 6.91. The molecule has 0 amide bonds. The van der Waals surface area contributed by atoms with Crippen LogP contribution >= 0.6 is 0 Å². The first-order chi connectivity index (χ1) is 10.2.